The smallest absolute Gasteiger partial charge is 0.259 e. The summed E-state index contributed by atoms with van der Waals surface area (Å²) in [5, 5.41) is 0. The van der Waals surface area contributed by atoms with Gasteiger partial charge in [0.25, 0.3) is 5.56 Å². The van der Waals surface area contributed by atoms with Crippen molar-refractivity contribution in [2.24, 2.45) is 0 Å². The Labute approximate surface area is 98.6 Å². The van der Waals surface area contributed by atoms with E-state index in [1.54, 1.807) is 18.3 Å². The largest absolute Gasteiger partial charge is 0.269 e. The van der Waals surface area contributed by atoms with Gasteiger partial charge in [-0.15, -0.1) is 0 Å². The van der Waals surface area contributed by atoms with E-state index in [0.29, 0.717) is 5.82 Å². The van der Waals surface area contributed by atoms with Crippen LogP contribution in [0.1, 0.15) is 25.3 Å². The van der Waals surface area contributed by atoms with Gasteiger partial charge in [-0.2, -0.15) is 0 Å². The predicted molar refractivity (Wildman–Crippen MR) is 63.9 cm³/mol. The number of pyridine rings is 2. The fraction of sp³-hybridized carbons (Fsp3) is 0.231. The third-order valence-electron chi connectivity index (χ3n) is 2.56. The van der Waals surface area contributed by atoms with Crippen LogP contribution in [-0.2, 0) is 0 Å². The van der Waals surface area contributed by atoms with Crippen molar-refractivity contribution in [1.82, 2.24) is 9.55 Å². The number of nitrogens with zero attached hydrogens (tertiary/aromatic N) is 2. The first-order chi connectivity index (χ1) is 8.09. The molecule has 2 heterocycles. The molecule has 2 rings (SSSR count). The normalized spacial score (nSPS) is 10.8. The lowest BCUT2D eigenvalue weighted by molar-refractivity contribution is 0.620. The van der Waals surface area contributed by atoms with Gasteiger partial charge in [0.2, 0.25) is 0 Å². The SMILES string of the molecule is CC(C)c1cccn(-c2ccc(F)cn2)c1=O. The molecule has 0 atom stereocenters. The van der Waals surface area contributed by atoms with Crippen molar-refractivity contribution in [3.05, 3.63) is 58.4 Å². The Morgan fingerprint density at radius 3 is 2.65 bits per heavy atom. The van der Waals surface area contributed by atoms with Crippen molar-refractivity contribution in [3.8, 4) is 5.82 Å². The maximum absolute atomic E-state index is 12.8. The van der Waals surface area contributed by atoms with Gasteiger partial charge in [0, 0.05) is 11.8 Å². The molecule has 88 valence electrons. The highest BCUT2D eigenvalue weighted by Crippen LogP contribution is 2.10. The molecular formula is C13H13FN2O. The van der Waals surface area contributed by atoms with Gasteiger partial charge in [0.05, 0.1) is 6.20 Å². The van der Waals surface area contributed by atoms with Crippen LogP contribution in [-0.4, -0.2) is 9.55 Å². The van der Waals surface area contributed by atoms with E-state index in [0.717, 1.165) is 11.8 Å². The van der Waals surface area contributed by atoms with Crippen molar-refractivity contribution >= 4 is 0 Å². The van der Waals surface area contributed by atoms with E-state index in [9.17, 15) is 9.18 Å². The second-order valence-corrected chi connectivity index (χ2v) is 4.13. The van der Waals surface area contributed by atoms with E-state index in [1.807, 2.05) is 13.8 Å². The Hall–Kier alpha value is -1.97. The highest BCUT2D eigenvalue weighted by Gasteiger charge is 2.08. The lowest BCUT2D eigenvalue weighted by Crippen LogP contribution is -2.22. The summed E-state index contributed by atoms with van der Waals surface area (Å²) in [5.41, 5.74) is 0.611. The molecule has 0 bridgehead atoms. The molecule has 0 spiro atoms. The second-order valence-electron chi connectivity index (χ2n) is 4.13. The van der Waals surface area contributed by atoms with Gasteiger partial charge in [-0.25, -0.2) is 9.37 Å². The minimum absolute atomic E-state index is 0.110. The van der Waals surface area contributed by atoms with Crippen molar-refractivity contribution in [2.45, 2.75) is 19.8 Å². The molecule has 0 saturated heterocycles. The first-order valence-electron chi connectivity index (χ1n) is 5.43. The van der Waals surface area contributed by atoms with Crippen LogP contribution in [0.4, 0.5) is 4.39 Å². The molecule has 0 amide bonds. The third kappa shape index (κ3) is 2.25. The zero-order valence-corrected chi connectivity index (χ0v) is 9.72. The Morgan fingerprint density at radius 1 is 1.29 bits per heavy atom. The van der Waals surface area contributed by atoms with Crippen LogP contribution in [0.5, 0.6) is 0 Å². The first-order valence-corrected chi connectivity index (χ1v) is 5.43. The minimum atomic E-state index is -0.415. The lowest BCUT2D eigenvalue weighted by Gasteiger charge is -2.09. The average molecular weight is 232 g/mol. The Balaban J connectivity index is 2.57. The molecule has 2 aromatic heterocycles. The number of aromatic nitrogens is 2. The summed E-state index contributed by atoms with van der Waals surface area (Å²) < 4.78 is 14.2. The first kappa shape index (κ1) is 11.5. The molecule has 0 fully saturated rings. The van der Waals surface area contributed by atoms with Gasteiger partial charge in [0.15, 0.2) is 0 Å². The molecule has 0 saturated carbocycles. The van der Waals surface area contributed by atoms with Gasteiger partial charge in [-0.3, -0.25) is 9.36 Å². The van der Waals surface area contributed by atoms with Crippen molar-refractivity contribution in [2.75, 3.05) is 0 Å². The van der Waals surface area contributed by atoms with Gasteiger partial charge in [0.1, 0.15) is 11.6 Å². The highest BCUT2D eigenvalue weighted by molar-refractivity contribution is 5.26. The van der Waals surface area contributed by atoms with Crippen LogP contribution in [0, 0.1) is 5.82 Å². The van der Waals surface area contributed by atoms with Gasteiger partial charge >= 0.3 is 0 Å². The van der Waals surface area contributed by atoms with E-state index in [2.05, 4.69) is 4.98 Å². The highest BCUT2D eigenvalue weighted by atomic mass is 19.1. The summed E-state index contributed by atoms with van der Waals surface area (Å²) in [6.07, 6.45) is 2.73. The molecule has 0 aliphatic carbocycles. The van der Waals surface area contributed by atoms with Gasteiger partial charge in [-0.1, -0.05) is 19.9 Å². The van der Waals surface area contributed by atoms with Crippen LogP contribution in [0.2, 0.25) is 0 Å². The molecule has 3 nitrogen and oxygen atoms in total. The molecular weight excluding hydrogens is 219 g/mol. The summed E-state index contributed by atoms with van der Waals surface area (Å²) in [4.78, 5) is 16.0. The third-order valence-corrected chi connectivity index (χ3v) is 2.56. The number of halogens is 1. The monoisotopic (exact) mass is 232 g/mol. The molecule has 4 heteroatoms. The van der Waals surface area contributed by atoms with Crippen LogP contribution in [0.25, 0.3) is 5.82 Å². The number of rotatable bonds is 2. The van der Waals surface area contributed by atoms with E-state index in [-0.39, 0.29) is 11.5 Å². The average Bonchev–Trinajstić information content (AvgIpc) is 2.30. The molecule has 2 aromatic rings. The van der Waals surface area contributed by atoms with Crippen LogP contribution in [0.15, 0.2) is 41.5 Å². The maximum atomic E-state index is 12.8. The van der Waals surface area contributed by atoms with E-state index < -0.39 is 5.82 Å². The van der Waals surface area contributed by atoms with Gasteiger partial charge in [-0.05, 0) is 24.1 Å². The topological polar surface area (TPSA) is 34.9 Å². The molecule has 0 aliphatic heterocycles. The fourth-order valence-electron chi connectivity index (χ4n) is 1.64. The number of hydrogen-bond donors (Lipinski definition) is 0. The second kappa shape index (κ2) is 4.49. The Bertz CT molecular complexity index is 573. The number of hydrogen-bond acceptors (Lipinski definition) is 2. The summed E-state index contributed by atoms with van der Waals surface area (Å²) in [5.74, 6) is 0.163. The van der Waals surface area contributed by atoms with Gasteiger partial charge < -0.3 is 0 Å². The molecule has 0 radical (unpaired) electrons. The minimum Gasteiger partial charge on any atom is -0.269 e. The summed E-state index contributed by atoms with van der Waals surface area (Å²) >= 11 is 0. The fourth-order valence-corrected chi connectivity index (χ4v) is 1.64. The summed E-state index contributed by atoms with van der Waals surface area (Å²) in [7, 11) is 0. The van der Waals surface area contributed by atoms with Crippen LogP contribution in [0.3, 0.4) is 0 Å². The molecule has 0 N–H and O–H groups in total. The van der Waals surface area contributed by atoms with Crippen LogP contribution < -0.4 is 5.56 Å². The zero-order chi connectivity index (χ0) is 12.4. The van der Waals surface area contributed by atoms with Crippen molar-refractivity contribution < 1.29 is 4.39 Å². The van der Waals surface area contributed by atoms with E-state index in [1.165, 1.54) is 16.7 Å². The predicted octanol–water partition coefficient (Wildman–Crippen LogP) is 2.50. The molecule has 0 aromatic carbocycles. The summed E-state index contributed by atoms with van der Waals surface area (Å²) in [6, 6.07) is 6.37. The zero-order valence-electron chi connectivity index (χ0n) is 9.72. The van der Waals surface area contributed by atoms with Crippen LogP contribution >= 0.6 is 0 Å². The van der Waals surface area contributed by atoms with Crippen molar-refractivity contribution in [3.63, 3.8) is 0 Å². The Kier molecular flexibility index (Phi) is 3.04. The molecule has 0 unspecified atom stereocenters. The van der Waals surface area contributed by atoms with E-state index in [4.69, 9.17) is 0 Å². The summed E-state index contributed by atoms with van der Waals surface area (Å²) in [6.45, 7) is 3.92. The lowest BCUT2D eigenvalue weighted by atomic mass is 10.1. The quantitative estimate of drug-likeness (QED) is 0.797. The standard InChI is InChI=1S/C13H13FN2O/c1-9(2)11-4-3-7-16(13(11)17)12-6-5-10(14)8-15-12/h3-9H,1-2H3. The Morgan fingerprint density at radius 2 is 2.06 bits per heavy atom. The van der Waals surface area contributed by atoms with E-state index >= 15 is 0 Å². The molecule has 0 aliphatic rings. The maximum Gasteiger partial charge on any atom is 0.259 e. The molecule has 17 heavy (non-hydrogen) atoms. The van der Waals surface area contributed by atoms with Crippen molar-refractivity contribution in [1.29, 1.82) is 0 Å².